The Kier molecular flexibility index (Phi) is 4.56. The van der Waals surface area contributed by atoms with Crippen LogP contribution in [0.15, 0.2) is 42.5 Å². The summed E-state index contributed by atoms with van der Waals surface area (Å²) in [5.74, 6) is 0.850. The second kappa shape index (κ2) is 6.38. The van der Waals surface area contributed by atoms with Gasteiger partial charge in [0.15, 0.2) is 0 Å². The minimum atomic E-state index is 0.498. The van der Waals surface area contributed by atoms with Gasteiger partial charge in [-0.25, -0.2) is 4.98 Å². The van der Waals surface area contributed by atoms with Crippen molar-refractivity contribution < 1.29 is 4.74 Å². The molecule has 1 heterocycles. The number of nitrogens with one attached hydrogen (secondary N) is 1. The van der Waals surface area contributed by atoms with Crippen LogP contribution in [0.3, 0.4) is 0 Å². The number of halogens is 1. The summed E-state index contributed by atoms with van der Waals surface area (Å²) in [6, 6.07) is 13.5. The minimum absolute atomic E-state index is 0.498. The fraction of sp³-hybridized carbons (Fsp3) is 0.214. The molecular formula is C14H15ClN2O. The molecule has 0 saturated carbocycles. The lowest BCUT2D eigenvalue weighted by atomic mass is 10.2. The molecule has 4 heteroatoms. The van der Waals surface area contributed by atoms with Crippen molar-refractivity contribution in [2.45, 2.75) is 13.2 Å². The third kappa shape index (κ3) is 3.72. The van der Waals surface area contributed by atoms with E-state index in [-0.39, 0.29) is 0 Å². The van der Waals surface area contributed by atoms with E-state index in [1.165, 1.54) is 0 Å². The summed E-state index contributed by atoms with van der Waals surface area (Å²) in [6.07, 6.45) is 0. The predicted octanol–water partition coefficient (Wildman–Crippen LogP) is 3.49. The summed E-state index contributed by atoms with van der Waals surface area (Å²) in [5, 5.41) is 3.74. The summed E-state index contributed by atoms with van der Waals surface area (Å²) < 4.78 is 5.61. The van der Waals surface area contributed by atoms with Gasteiger partial charge in [-0.3, -0.25) is 0 Å². The van der Waals surface area contributed by atoms with Crippen molar-refractivity contribution in [1.82, 2.24) is 4.98 Å². The van der Waals surface area contributed by atoms with Gasteiger partial charge in [0.1, 0.15) is 5.82 Å². The topological polar surface area (TPSA) is 34.1 Å². The van der Waals surface area contributed by atoms with Gasteiger partial charge in [-0.1, -0.05) is 29.8 Å². The maximum Gasteiger partial charge on any atom is 0.126 e. The van der Waals surface area contributed by atoms with E-state index in [4.69, 9.17) is 16.3 Å². The lowest BCUT2D eigenvalue weighted by Crippen LogP contribution is -1.99. The Balaban J connectivity index is 1.86. The monoisotopic (exact) mass is 262 g/mol. The zero-order valence-electron chi connectivity index (χ0n) is 10.2. The third-order valence-electron chi connectivity index (χ3n) is 2.49. The van der Waals surface area contributed by atoms with Gasteiger partial charge in [0.2, 0.25) is 0 Å². The molecule has 1 N–H and O–H groups in total. The number of pyridine rings is 1. The van der Waals surface area contributed by atoms with E-state index in [2.05, 4.69) is 10.3 Å². The van der Waals surface area contributed by atoms with E-state index in [9.17, 15) is 0 Å². The Morgan fingerprint density at radius 1 is 1.11 bits per heavy atom. The minimum Gasteiger partial charge on any atom is -0.373 e. The second-order valence-corrected chi connectivity index (χ2v) is 4.32. The normalized spacial score (nSPS) is 10.3. The van der Waals surface area contributed by atoms with Crippen molar-refractivity contribution in [2.75, 3.05) is 12.4 Å². The van der Waals surface area contributed by atoms with E-state index in [1.807, 2.05) is 49.5 Å². The van der Waals surface area contributed by atoms with Crippen LogP contribution in [-0.4, -0.2) is 12.0 Å². The van der Waals surface area contributed by atoms with Crippen LogP contribution in [0.5, 0.6) is 0 Å². The molecule has 0 unspecified atom stereocenters. The van der Waals surface area contributed by atoms with E-state index in [0.717, 1.165) is 22.1 Å². The molecule has 0 atom stereocenters. The van der Waals surface area contributed by atoms with Gasteiger partial charge in [-0.15, -0.1) is 0 Å². The van der Waals surface area contributed by atoms with E-state index in [1.54, 1.807) is 0 Å². The number of anilines is 1. The molecule has 0 spiro atoms. The van der Waals surface area contributed by atoms with Crippen LogP contribution < -0.4 is 5.32 Å². The van der Waals surface area contributed by atoms with Gasteiger partial charge < -0.3 is 10.1 Å². The number of aromatic nitrogens is 1. The van der Waals surface area contributed by atoms with Crippen molar-refractivity contribution in [3.8, 4) is 0 Å². The van der Waals surface area contributed by atoms with E-state index >= 15 is 0 Å². The van der Waals surface area contributed by atoms with Crippen LogP contribution in [0.2, 0.25) is 5.02 Å². The smallest absolute Gasteiger partial charge is 0.126 e. The number of ether oxygens (including phenoxy) is 1. The molecule has 0 saturated heterocycles. The number of benzene rings is 1. The first-order valence-corrected chi connectivity index (χ1v) is 6.11. The Labute approximate surface area is 112 Å². The van der Waals surface area contributed by atoms with Gasteiger partial charge >= 0.3 is 0 Å². The molecule has 2 rings (SSSR count). The van der Waals surface area contributed by atoms with Crippen molar-refractivity contribution >= 4 is 17.4 Å². The number of hydrogen-bond donors (Lipinski definition) is 1. The number of rotatable bonds is 5. The summed E-state index contributed by atoms with van der Waals surface area (Å²) in [5.41, 5.74) is 2.01. The molecule has 1 aromatic heterocycles. The maximum absolute atomic E-state index is 5.82. The van der Waals surface area contributed by atoms with Crippen LogP contribution in [0, 0.1) is 0 Å². The second-order valence-electron chi connectivity index (χ2n) is 3.88. The molecule has 3 nitrogen and oxygen atoms in total. The largest absolute Gasteiger partial charge is 0.373 e. The first-order valence-electron chi connectivity index (χ1n) is 5.74. The standard InChI is InChI=1S/C14H15ClN2O/c1-16-14-4-2-3-13(17-14)10-18-9-11-5-7-12(15)8-6-11/h2-8H,9-10H2,1H3,(H,16,17). The highest BCUT2D eigenvalue weighted by atomic mass is 35.5. The lowest BCUT2D eigenvalue weighted by molar-refractivity contribution is 0.104. The molecule has 1 aromatic carbocycles. The Hall–Kier alpha value is -1.58. The van der Waals surface area contributed by atoms with E-state index < -0.39 is 0 Å². The maximum atomic E-state index is 5.82. The fourth-order valence-electron chi connectivity index (χ4n) is 1.55. The molecule has 2 aromatic rings. The highest BCUT2D eigenvalue weighted by Crippen LogP contribution is 2.11. The van der Waals surface area contributed by atoms with Gasteiger partial charge in [-0.05, 0) is 29.8 Å². The SMILES string of the molecule is CNc1cccc(COCc2ccc(Cl)cc2)n1. The summed E-state index contributed by atoms with van der Waals surface area (Å²) in [6.45, 7) is 1.06. The van der Waals surface area contributed by atoms with Crippen molar-refractivity contribution in [3.05, 3.63) is 58.7 Å². The average Bonchev–Trinajstić information content (AvgIpc) is 2.41. The average molecular weight is 263 g/mol. The van der Waals surface area contributed by atoms with Crippen molar-refractivity contribution in [2.24, 2.45) is 0 Å². The van der Waals surface area contributed by atoms with Crippen LogP contribution in [0.1, 0.15) is 11.3 Å². The van der Waals surface area contributed by atoms with E-state index in [0.29, 0.717) is 13.2 Å². The first kappa shape index (κ1) is 12.9. The first-order chi connectivity index (χ1) is 8.78. The predicted molar refractivity (Wildman–Crippen MR) is 73.7 cm³/mol. The highest BCUT2D eigenvalue weighted by Gasteiger charge is 1.98. The molecule has 0 radical (unpaired) electrons. The Bertz CT molecular complexity index is 499. The van der Waals surface area contributed by atoms with Crippen molar-refractivity contribution in [1.29, 1.82) is 0 Å². The van der Waals surface area contributed by atoms with Gasteiger partial charge in [0.05, 0.1) is 18.9 Å². The lowest BCUT2D eigenvalue weighted by Gasteiger charge is -2.06. The van der Waals surface area contributed by atoms with Gasteiger partial charge in [0.25, 0.3) is 0 Å². The molecule has 0 aliphatic heterocycles. The highest BCUT2D eigenvalue weighted by molar-refractivity contribution is 6.30. The summed E-state index contributed by atoms with van der Waals surface area (Å²) >= 11 is 5.82. The van der Waals surface area contributed by atoms with Crippen LogP contribution in [-0.2, 0) is 18.0 Å². The summed E-state index contributed by atoms with van der Waals surface area (Å²) in [7, 11) is 1.85. The molecular weight excluding hydrogens is 248 g/mol. The van der Waals surface area contributed by atoms with Crippen molar-refractivity contribution in [3.63, 3.8) is 0 Å². The number of hydrogen-bond acceptors (Lipinski definition) is 3. The van der Waals surface area contributed by atoms with Crippen LogP contribution >= 0.6 is 11.6 Å². The quantitative estimate of drug-likeness (QED) is 0.896. The summed E-state index contributed by atoms with van der Waals surface area (Å²) in [4.78, 5) is 4.38. The molecule has 18 heavy (non-hydrogen) atoms. The Morgan fingerprint density at radius 2 is 1.89 bits per heavy atom. The van der Waals surface area contributed by atoms with Gasteiger partial charge in [0, 0.05) is 12.1 Å². The molecule has 0 amide bonds. The number of nitrogens with zero attached hydrogens (tertiary/aromatic N) is 1. The fourth-order valence-corrected chi connectivity index (χ4v) is 1.68. The third-order valence-corrected chi connectivity index (χ3v) is 2.75. The molecule has 0 bridgehead atoms. The van der Waals surface area contributed by atoms with Gasteiger partial charge in [-0.2, -0.15) is 0 Å². The zero-order chi connectivity index (χ0) is 12.8. The molecule has 94 valence electrons. The van der Waals surface area contributed by atoms with Crippen LogP contribution in [0.4, 0.5) is 5.82 Å². The molecule has 0 aliphatic carbocycles. The molecule has 0 fully saturated rings. The zero-order valence-corrected chi connectivity index (χ0v) is 10.9. The Morgan fingerprint density at radius 3 is 2.61 bits per heavy atom. The molecule has 0 aliphatic rings. The van der Waals surface area contributed by atoms with Crippen LogP contribution in [0.25, 0.3) is 0 Å².